The summed E-state index contributed by atoms with van der Waals surface area (Å²) in [6.07, 6.45) is 69.9. The number of rotatable bonds is 59. The monoisotopic (exact) mass is 1340 g/mol. The summed E-state index contributed by atoms with van der Waals surface area (Å²) in [7, 11) is 0. The molecule has 0 bridgehead atoms. The predicted molar refractivity (Wildman–Crippen MR) is 425 cm³/mol. The van der Waals surface area contributed by atoms with E-state index in [4.69, 9.17) is 9.79 Å². The van der Waals surface area contributed by atoms with Crippen LogP contribution in [0.15, 0.2) is 28.9 Å². The summed E-state index contributed by atoms with van der Waals surface area (Å²) in [5, 5.41) is 9.36. The average molecular weight is 1340 g/mol. The van der Waals surface area contributed by atoms with Crippen molar-refractivity contribution in [3.8, 4) is 31.3 Å². The minimum atomic E-state index is -0.118. The number of aryl methyl sites for hydroxylation is 2. The molecule has 5 nitrogen and oxygen atoms in total. The number of nitrogens with zero attached hydrogens (tertiary/aromatic N) is 4. The molecule has 5 aromatic rings. The maximum atomic E-state index is 5.70. The van der Waals surface area contributed by atoms with E-state index in [9.17, 15) is 0 Å². The van der Waals surface area contributed by atoms with E-state index in [0.717, 1.165) is 42.8 Å². The number of unbranched alkanes of at least 4 members (excludes halogenated alkanes) is 40. The van der Waals surface area contributed by atoms with E-state index in [1.165, 1.54) is 349 Å². The van der Waals surface area contributed by atoms with E-state index in [1.807, 2.05) is 0 Å². The lowest BCUT2D eigenvalue weighted by Crippen LogP contribution is -2.36. The van der Waals surface area contributed by atoms with Gasteiger partial charge in [0.25, 0.3) is 0 Å². The van der Waals surface area contributed by atoms with Gasteiger partial charge in [-0.3, -0.25) is 0 Å². The maximum Gasteiger partial charge on any atom is 0.144 e. The first kappa shape index (κ1) is 79.2. The van der Waals surface area contributed by atoms with Crippen molar-refractivity contribution in [1.82, 2.24) is 10.3 Å². The van der Waals surface area contributed by atoms with Crippen molar-refractivity contribution < 1.29 is 4.63 Å². The number of hydrogen-bond donors (Lipinski definition) is 0. The molecule has 0 radical (unpaired) electrons. The molecular formula is C88H146N4OS2. The quantitative estimate of drug-likeness (QED) is 0.0287. The lowest BCUT2D eigenvalue weighted by Gasteiger charge is -2.42. The molecule has 3 aromatic heterocycles. The van der Waals surface area contributed by atoms with Crippen LogP contribution in [0.5, 0.6) is 0 Å². The molecule has 0 spiro atoms. The maximum absolute atomic E-state index is 5.70. The molecule has 7 heteroatoms. The number of fused-ring (bicyclic) bond motifs is 7. The molecule has 0 saturated heterocycles. The van der Waals surface area contributed by atoms with Gasteiger partial charge in [-0.25, -0.2) is 4.63 Å². The number of thiophene rings is 2. The molecular weight excluding hydrogens is 1190 g/mol. The molecule has 0 N–H and O–H groups in total. The molecule has 0 fully saturated rings. The fraction of sp³-hybridized carbons (Fsp3) is 0.773. The van der Waals surface area contributed by atoms with Crippen molar-refractivity contribution in [2.75, 3.05) is 36.0 Å². The summed E-state index contributed by atoms with van der Waals surface area (Å²) in [4.78, 5) is 12.4. The van der Waals surface area contributed by atoms with Gasteiger partial charge in [0.05, 0.1) is 11.4 Å². The Morgan fingerprint density at radius 2 is 0.632 bits per heavy atom. The van der Waals surface area contributed by atoms with Gasteiger partial charge in [-0.15, -0.1) is 22.7 Å². The largest absolute Gasteiger partial charge is 0.371 e. The van der Waals surface area contributed by atoms with Crippen LogP contribution in [0.4, 0.5) is 11.4 Å². The first-order valence-electron chi connectivity index (χ1n) is 42.0. The molecule has 0 aliphatic heterocycles. The second-order valence-corrected chi connectivity index (χ2v) is 33.1. The molecule has 0 atom stereocenters. The first-order chi connectivity index (χ1) is 46.7. The van der Waals surface area contributed by atoms with Gasteiger partial charge in [0, 0.05) is 73.2 Å². The summed E-state index contributed by atoms with van der Waals surface area (Å²) in [6.45, 7) is 28.5. The molecule has 3 heterocycles. The van der Waals surface area contributed by atoms with Gasteiger partial charge in [-0.2, -0.15) is 0 Å². The van der Waals surface area contributed by atoms with Gasteiger partial charge < -0.3 is 9.80 Å². The van der Waals surface area contributed by atoms with Gasteiger partial charge in [0.1, 0.15) is 11.0 Å². The summed E-state index contributed by atoms with van der Waals surface area (Å²) in [5.74, 6) is 0. The van der Waals surface area contributed by atoms with Crippen LogP contribution in [0.1, 0.15) is 422 Å². The second kappa shape index (κ2) is 44.9. The van der Waals surface area contributed by atoms with Crippen molar-refractivity contribution in [1.29, 1.82) is 0 Å². The second-order valence-electron chi connectivity index (χ2n) is 30.8. The summed E-state index contributed by atoms with van der Waals surface area (Å²) >= 11 is 4.36. The fourth-order valence-electron chi connectivity index (χ4n) is 17.3. The third-order valence-corrected chi connectivity index (χ3v) is 25.2. The Balaban J connectivity index is 1.52. The summed E-state index contributed by atoms with van der Waals surface area (Å²) in [5.41, 5.74) is 17.9. The van der Waals surface area contributed by atoms with E-state index in [1.54, 1.807) is 54.5 Å². The Kier molecular flexibility index (Phi) is 37.4. The van der Waals surface area contributed by atoms with E-state index in [-0.39, 0.29) is 10.8 Å². The van der Waals surface area contributed by atoms with Gasteiger partial charge in [0.15, 0.2) is 0 Å². The predicted octanol–water partition coefficient (Wildman–Crippen LogP) is 30.2. The Morgan fingerprint density at radius 1 is 0.337 bits per heavy atom. The zero-order valence-electron chi connectivity index (χ0n) is 63.9. The van der Waals surface area contributed by atoms with E-state index in [2.05, 4.69) is 131 Å². The minimum absolute atomic E-state index is 0.0409. The van der Waals surface area contributed by atoms with Crippen LogP contribution < -0.4 is 9.80 Å². The van der Waals surface area contributed by atoms with Crippen LogP contribution >= 0.6 is 22.7 Å². The third-order valence-electron chi connectivity index (χ3n) is 22.9. The van der Waals surface area contributed by atoms with E-state index >= 15 is 0 Å². The van der Waals surface area contributed by atoms with Crippen molar-refractivity contribution in [2.45, 2.75) is 414 Å². The SMILES string of the molecule is CCCCCCCCCCCCC1(CCCCCCCCCCCC)c2cc(C)sc2-c2c(N(CCCC)CCCC)c3c(c(N(CCCC)CCCC)c21)-c1sc(-c2ccc(C)c4nonc24)cc1C3(CCCCCCCCCCCC)CCCCCCCCCCCC. The number of benzene rings is 2. The highest BCUT2D eigenvalue weighted by molar-refractivity contribution is 7.19. The highest BCUT2D eigenvalue weighted by Gasteiger charge is 2.55. The van der Waals surface area contributed by atoms with Gasteiger partial charge in [-0.1, -0.05) is 350 Å². The lowest BCUT2D eigenvalue weighted by molar-refractivity contribution is 0.315. The Hall–Kier alpha value is -3.16. The van der Waals surface area contributed by atoms with Gasteiger partial charge >= 0.3 is 0 Å². The standard InChI is InChI=1S/C88H146N4OS2/c1-11-19-27-31-35-39-43-47-51-55-61-87(62-56-52-48-44-40-36-32-28-20-12-2)74-69-72(10)94-85(74)77-79(87)84(92(67-25-17-7)68-26-18-8)78-80(83(77)91(65-23-15-5)66-24-16-6)88(63-57-53-49-45-41-37-33-29-21-13-3,64-58-54-50-46-42-38-34-30-22-14-4)75-70-76(95-86(75)78)73-60-59-71(9)81-82(73)90-93-89-81/h59-60,69-70H,11-58,61-68H2,1-10H3. The lowest BCUT2D eigenvalue weighted by atomic mass is 9.67. The van der Waals surface area contributed by atoms with Crippen LogP contribution in [0.2, 0.25) is 0 Å². The summed E-state index contributed by atoms with van der Waals surface area (Å²) in [6, 6.07) is 10.3. The molecule has 0 unspecified atom stereocenters. The van der Waals surface area contributed by atoms with Crippen LogP contribution in [0, 0.1) is 13.8 Å². The zero-order valence-corrected chi connectivity index (χ0v) is 65.6. The normalized spacial score (nSPS) is 13.6. The van der Waals surface area contributed by atoms with E-state index in [0.29, 0.717) is 0 Å². The molecule has 95 heavy (non-hydrogen) atoms. The number of hydrogen-bond acceptors (Lipinski definition) is 7. The minimum Gasteiger partial charge on any atom is -0.371 e. The van der Waals surface area contributed by atoms with E-state index < -0.39 is 0 Å². The topological polar surface area (TPSA) is 45.4 Å². The number of aromatic nitrogens is 2. The Morgan fingerprint density at radius 3 is 0.968 bits per heavy atom. The van der Waals surface area contributed by atoms with Crippen molar-refractivity contribution in [2.24, 2.45) is 0 Å². The van der Waals surface area contributed by atoms with Crippen LogP contribution in [-0.2, 0) is 10.8 Å². The van der Waals surface area contributed by atoms with Gasteiger partial charge in [0.2, 0.25) is 0 Å². The smallest absolute Gasteiger partial charge is 0.144 e. The highest BCUT2D eigenvalue weighted by atomic mass is 32.1. The fourth-order valence-corrected chi connectivity index (χ4v) is 19.8. The molecule has 536 valence electrons. The molecule has 2 aliphatic carbocycles. The van der Waals surface area contributed by atoms with Gasteiger partial charge in [-0.05, 0) is 115 Å². The molecule has 2 aromatic carbocycles. The van der Waals surface area contributed by atoms with Crippen LogP contribution in [-0.4, -0.2) is 36.5 Å². The van der Waals surface area contributed by atoms with Crippen LogP contribution in [0.25, 0.3) is 42.4 Å². The Labute approximate surface area is 594 Å². The van der Waals surface area contributed by atoms with Crippen LogP contribution in [0.3, 0.4) is 0 Å². The third kappa shape index (κ3) is 22.2. The average Bonchev–Trinajstić information content (AvgIpc) is 1.51. The molecule has 0 amide bonds. The van der Waals surface area contributed by atoms with Crippen molar-refractivity contribution >= 4 is 45.1 Å². The number of anilines is 2. The highest BCUT2D eigenvalue weighted by Crippen LogP contribution is 2.71. The zero-order chi connectivity index (χ0) is 67.4. The molecule has 7 rings (SSSR count). The van der Waals surface area contributed by atoms with Crippen molar-refractivity contribution in [3.63, 3.8) is 0 Å². The molecule has 2 aliphatic rings. The first-order valence-corrected chi connectivity index (χ1v) is 43.6. The molecule has 0 saturated carbocycles. The summed E-state index contributed by atoms with van der Waals surface area (Å²) < 4.78 is 5.70. The Bertz CT molecular complexity index is 2790. The van der Waals surface area contributed by atoms with Crippen molar-refractivity contribution in [3.05, 3.63) is 57.0 Å².